The van der Waals surface area contributed by atoms with Crippen molar-refractivity contribution in [3.63, 3.8) is 0 Å². The van der Waals surface area contributed by atoms with E-state index in [1.54, 1.807) is 14.0 Å². The number of aliphatic hydroxyl groups excluding tert-OH is 1. The first-order valence-corrected chi connectivity index (χ1v) is 6.71. The molecule has 0 spiro atoms. The van der Waals surface area contributed by atoms with Gasteiger partial charge in [0, 0.05) is 26.1 Å². The molecule has 0 radical (unpaired) electrons. The van der Waals surface area contributed by atoms with Crippen LogP contribution in [0.15, 0.2) is 18.2 Å². The third-order valence-electron chi connectivity index (χ3n) is 3.48. The van der Waals surface area contributed by atoms with Gasteiger partial charge in [-0.3, -0.25) is 0 Å². The summed E-state index contributed by atoms with van der Waals surface area (Å²) in [6.45, 7) is 4.55. The van der Waals surface area contributed by atoms with E-state index in [0.717, 1.165) is 37.4 Å². The van der Waals surface area contributed by atoms with E-state index in [2.05, 4.69) is 4.90 Å². The van der Waals surface area contributed by atoms with Gasteiger partial charge in [-0.05, 0) is 31.0 Å². The Hall–Kier alpha value is -0.770. The number of nitrogens with zero attached hydrogens (tertiary/aromatic N) is 1. The maximum absolute atomic E-state index is 9.53. The molecular formula is C14H20ClNO2. The zero-order valence-electron chi connectivity index (χ0n) is 10.9. The highest BCUT2D eigenvalue weighted by Crippen LogP contribution is 2.32. The molecule has 4 heteroatoms. The van der Waals surface area contributed by atoms with Crippen molar-refractivity contribution in [3.8, 4) is 0 Å². The van der Waals surface area contributed by atoms with Gasteiger partial charge in [0.1, 0.15) is 0 Å². The number of hydrogen-bond acceptors (Lipinski definition) is 3. The van der Waals surface area contributed by atoms with Gasteiger partial charge in [0.15, 0.2) is 0 Å². The smallest absolute Gasteiger partial charge is 0.0762 e. The minimum absolute atomic E-state index is 0.476. The van der Waals surface area contributed by atoms with E-state index >= 15 is 0 Å². The van der Waals surface area contributed by atoms with Crippen LogP contribution in [0, 0.1) is 5.92 Å². The Bertz CT molecular complexity index is 409. The normalized spacial score (nSPS) is 21.3. The fourth-order valence-corrected chi connectivity index (χ4v) is 2.77. The van der Waals surface area contributed by atoms with Crippen molar-refractivity contribution in [1.82, 2.24) is 0 Å². The number of aliphatic hydroxyl groups is 1. The molecule has 1 heterocycles. The summed E-state index contributed by atoms with van der Waals surface area (Å²) >= 11 is 6.29. The molecule has 18 heavy (non-hydrogen) atoms. The lowest BCUT2D eigenvalue weighted by atomic mass is 10.1. The number of benzene rings is 1. The highest BCUT2D eigenvalue weighted by Gasteiger charge is 2.24. The first-order chi connectivity index (χ1) is 8.61. The van der Waals surface area contributed by atoms with Crippen LogP contribution in [0.2, 0.25) is 5.02 Å². The fourth-order valence-electron chi connectivity index (χ4n) is 2.46. The zero-order chi connectivity index (χ0) is 13.1. The monoisotopic (exact) mass is 269 g/mol. The number of rotatable bonds is 4. The molecule has 1 fully saturated rings. The van der Waals surface area contributed by atoms with Crippen LogP contribution < -0.4 is 4.90 Å². The van der Waals surface area contributed by atoms with Crippen LogP contribution in [0.4, 0.5) is 5.69 Å². The van der Waals surface area contributed by atoms with E-state index in [4.69, 9.17) is 16.3 Å². The van der Waals surface area contributed by atoms with Gasteiger partial charge in [0.05, 0.1) is 23.4 Å². The van der Waals surface area contributed by atoms with Gasteiger partial charge in [-0.25, -0.2) is 0 Å². The maximum atomic E-state index is 9.53. The van der Waals surface area contributed by atoms with Crippen molar-refractivity contribution in [2.24, 2.45) is 5.92 Å². The average Bonchev–Trinajstić information content (AvgIpc) is 2.77. The van der Waals surface area contributed by atoms with Crippen molar-refractivity contribution in [1.29, 1.82) is 0 Å². The van der Waals surface area contributed by atoms with Gasteiger partial charge in [-0.1, -0.05) is 17.7 Å². The van der Waals surface area contributed by atoms with Crippen molar-refractivity contribution in [3.05, 3.63) is 28.8 Å². The van der Waals surface area contributed by atoms with Crippen molar-refractivity contribution in [2.45, 2.75) is 19.4 Å². The van der Waals surface area contributed by atoms with Crippen LogP contribution in [0.3, 0.4) is 0 Å². The zero-order valence-corrected chi connectivity index (χ0v) is 11.7. The van der Waals surface area contributed by atoms with Crippen molar-refractivity contribution >= 4 is 17.3 Å². The van der Waals surface area contributed by atoms with Gasteiger partial charge >= 0.3 is 0 Å². The first kappa shape index (κ1) is 13.7. The molecule has 1 N–H and O–H groups in total. The van der Waals surface area contributed by atoms with Gasteiger partial charge in [0.25, 0.3) is 0 Å². The number of ether oxygens (including phenoxy) is 1. The molecule has 2 atom stereocenters. The molecule has 100 valence electrons. The highest BCUT2D eigenvalue weighted by molar-refractivity contribution is 6.33. The Kier molecular flexibility index (Phi) is 4.49. The molecule has 3 nitrogen and oxygen atoms in total. The third kappa shape index (κ3) is 2.97. The Morgan fingerprint density at radius 1 is 1.56 bits per heavy atom. The predicted molar refractivity (Wildman–Crippen MR) is 74.3 cm³/mol. The summed E-state index contributed by atoms with van der Waals surface area (Å²) in [6.07, 6.45) is 0.666. The van der Waals surface area contributed by atoms with Crippen LogP contribution in [0.1, 0.15) is 25.0 Å². The SMILES string of the molecule is COCC1CCN(c2ccc(C(C)O)cc2Cl)C1. The van der Waals surface area contributed by atoms with Gasteiger partial charge in [-0.2, -0.15) is 0 Å². The molecule has 1 aromatic carbocycles. The van der Waals surface area contributed by atoms with Crippen molar-refractivity contribution < 1.29 is 9.84 Å². The highest BCUT2D eigenvalue weighted by atomic mass is 35.5. The number of hydrogen-bond donors (Lipinski definition) is 1. The summed E-state index contributed by atoms with van der Waals surface area (Å²) < 4.78 is 5.20. The van der Waals surface area contributed by atoms with E-state index in [9.17, 15) is 5.11 Å². The largest absolute Gasteiger partial charge is 0.389 e. The number of halogens is 1. The molecule has 1 saturated heterocycles. The third-order valence-corrected chi connectivity index (χ3v) is 3.79. The van der Waals surface area contributed by atoms with Gasteiger partial charge in [-0.15, -0.1) is 0 Å². The van der Waals surface area contributed by atoms with E-state index in [1.165, 1.54) is 0 Å². The molecule has 1 aromatic rings. The molecule has 0 saturated carbocycles. The Labute approximate surface area is 113 Å². The molecule has 0 aliphatic carbocycles. The van der Waals surface area contributed by atoms with Crippen LogP contribution in [-0.2, 0) is 4.74 Å². The van der Waals surface area contributed by atoms with E-state index in [-0.39, 0.29) is 0 Å². The molecule has 0 aromatic heterocycles. The molecule has 1 aliphatic heterocycles. The lowest BCUT2D eigenvalue weighted by Crippen LogP contribution is -2.21. The minimum atomic E-state index is -0.476. The topological polar surface area (TPSA) is 32.7 Å². The fraction of sp³-hybridized carbons (Fsp3) is 0.571. The lowest BCUT2D eigenvalue weighted by molar-refractivity contribution is 0.161. The molecule has 2 unspecified atom stereocenters. The molecule has 0 bridgehead atoms. The minimum Gasteiger partial charge on any atom is -0.389 e. The van der Waals surface area contributed by atoms with Crippen LogP contribution in [-0.4, -0.2) is 31.9 Å². The summed E-state index contributed by atoms with van der Waals surface area (Å²) in [6, 6.07) is 5.79. The molecule has 1 aliphatic rings. The number of anilines is 1. The average molecular weight is 270 g/mol. The summed E-state index contributed by atoms with van der Waals surface area (Å²) in [5.74, 6) is 0.586. The van der Waals surface area contributed by atoms with Crippen LogP contribution in [0.25, 0.3) is 0 Å². The Balaban J connectivity index is 2.10. The second-order valence-corrected chi connectivity index (χ2v) is 5.35. The lowest BCUT2D eigenvalue weighted by Gasteiger charge is -2.21. The second-order valence-electron chi connectivity index (χ2n) is 4.94. The number of methoxy groups -OCH3 is 1. The maximum Gasteiger partial charge on any atom is 0.0762 e. The first-order valence-electron chi connectivity index (χ1n) is 6.33. The quantitative estimate of drug-likeness (QED) is 0.912. The molecule has 2 rings (SSSR count). The summed E-state index contributed by atoms with van der Waals surface area (Å²) in [7, 11) is 1.74. The second kappa shape index (κ2) is 5.91. The molecular weight excluding hydrogens is 250 g/mol. The van der Waals surface area contributed by atoms with E-state index in [0.29, 0.717) is 10.9 Å². The van der Waals surface area contributed by atoms with E-state index in [1.807, 2.05) is 18.2 Å². The Morgan fingerprint density at radius 3 is 2.94 bits per heavy atom. The van der Waals surface area contributed by atoms with E-state index < -0.39 is 6.10 Å². The predicted octanol–water partition coefficient (Wildman–Crippen LogP) is 2.87. The van der Waals surface area contributed by atoms with Gasteiger partial charge in [0.2, 0.25) is 0 Å². The van der Waals surface area contributed by atoms with Crippen LogP contribution in [0.5, 0.6) is 0 Å². The standard InChI is InChI=1S/C14H20ClNO2/c1-10(17)12-3-4-14(13(15)7-12)16-6-5-11(8-16)9-18-2/h3-4,7,10-11,17H,5-6,8-9H2,1-2H3. The summed E-state index contributed by atoms with van der Waals surface area (Å²) in [4.78, 5) is 2.29. The van der Waals surface area contributed by atoms with Crippen molar-refractivity contribution in [2.75, 3.05) is 31.7 Å². The summed E-state index contributed by atoms with van der Waals surface area (Å²) in [5.41, 5.74) is 1.91. The molecule has 0 amide bonds. The van der Waals surface area contributed by atoms with Gasteiger partial charge < -0.3 is 14.7 Å². The van der Waals surface area contributed by atoms with Crippen LogP contribution >= 0.6 is 11.6 Å². The summed E-state index contributed by atoms with van der Waals surface area (Å²) in [5, 5.41) is 10.2. The Morgan fingerprint density at radius 2 is 2.33 bits per heavy atom.